The predicted octanol–water partition coefficient (Wildman–Crippen LogP) is 4.14. The summed E-state index contributed by atoms with van der Waals surface area (Å²) in [6.45, 7) is 2.13. The van der Waals surface area contributed by atoms with E-state index in [2.05, 4.69) is 14.9 Å². The van der Waals surface area contributed by atoms with Gasteiger partial charge in [0.05, 0.1) is 0 Å². The lowest BCUT2D eigenvalue weighted by atomic mass is 10.2. The van der Waals surface area contributed by atoms with E-state index in [9.17, 15) is 0 Å². The van der Waals surface area contributed by atoms with Gasteiger partial charge in [0.2, 0.25) is 11.6 Å². The number of halogens is 1. The van der Waals surface area contributed by atoms with E-state index < -0.39 is 0 Å². The molecule has 0 unspecified atom stereocenters. The number of hydrogen-bond donors (Lipinski definition) is 0. The zero-order chi connectivity index (χ0) is 14.2. The number of rotatable bonds is 2. The maximum Gasteiger partial charge on any atom is 0.249 e. The summed E-state index contributed by atoms with van der Waals surface area (Å²) >= 11 is 6.01. The molecule has 1 aliphatic heterocycles. The van der Waals surface area contributed by atoms with Crippen LogP contribution in [0.4, 0.5) is 5.82 Å². The van der Waals surface area contributed by atoms with Gasteiger partial charge in [0, 0.05) is 23.7 Å². The van der Waals surface area contributed by atoms with Gasteiger partial charge in [-0.25, -0.2) is 4.98 Å². The Kier molecular flexibility index (Phi) is 3.04. The number of hydrogen-bond acceptors (Lipinski definition) is 4. The van der Waals surface area contributed by atoms with Crippen molar-refractivity contribution in [3.8, 4) is 11.5 Å². The quantitative estimate of drug-likeness (QED) is 0.713. The third-order valence-electron chi connectivity index (χ3n) is 3.74. The second kappa shape index (κ2) is 5.04. The highest BCUT2D eigenvalue weighted by Gasteiger charge is 2.16. The molecule has 0 amide bonds. The maximum absolute atomic E-state index is 6.01. The van der Waals surface area contributed by atoms with E-state index >= 15 is 0 Å². The summed E-state index contributed by atoms with van der Waals surface area (Å²) in [5, 5.41) is 0.667. The van der Waals surface area contributed by atoms with Crippen LogP contribution in [0.15, 0.2) is 40.8 Å². The molecule has 4 nitrogen and oxygen atoms in total. The first-order chi connectivity index (χ1) is 10.3. The molecule has 0 atom stereocenters. The average molecular weight is 300 g/mol. The van der Waals surface area contributed by atoms with Gasteiger partial charge in [0.15, 0.2) is 0 Å². The van der Waals surface area contributed by atoms with Crippen LogP contribution in [-0.2, 0) is 0 Å². The molecule has 0 N–H and O–H groups in total. The lowest BCUT2D eigenvalue weighted by Gasteiger charge is -2.15. The molecule has 1 aliphatic rings. The molecule has 5 heteroatoms. The second-order valence-electron chi connectivity index (χ2n) is 5.22. The number of fused-ring (bicyclic) bond motifs is 1. The summed E-state index contributed by atoms with van der Waals surface area (Å²) in [7, 11) is 0. The molecular formula is C16H14ClN3O. The van der Waals surface area contributed by atoms with Crippen molar-refractivity contribution in [1.29, 1.82) is 0 Å². The van der Waals surface area contributed by atoms with Crippen LogP contribution in [0.5, 0.6) is 0 Å². The number of aromatic nitrogens is 2. The maximum atomic E-state index is 6.01. The second-order valence-corrected chi connectivity index (χ2v) is 5.65. The van der Waals surface area contributed by atoms with Crippen LogP contribution < -0.4 is 4.90 Å². The highest BCUT2D eigenvalue weighted by Crippen LogP contribution is 2.27. The van der Waals surface area contributed by atoms with E-state index in [1.165, 1.54) is 12.8 Å². The van der Waals surface area contributed by atoms with Crippen LogP contribution in [0.3, 0.4) is 0 Å². The largest absolute Gasteiger partial charge is 0.418 e. The topological polar surface area (TPSA) is 42.2 Å². The molecule has 3 heterocycles. The third-order valence-corrected chi connectivity index (χ3v) is 3.98. The van der Waals surface area contributed by atoms with Crippen molar-refractivity contribution in [2.45, 2.75) is 12.8 Å². The van der Waals surface area contributed by atoms with E-state index in [1.807, 2.05) is 36.4 Å². The van der Waals surface area contributed by atoms with Crippen molar-refractivity contribution in [1.82, 2.24) is 9.97 Å². The fourth-order valence-corrected chi connectivity index (χ4v) is 2.86. The number of benzene rings is 1. The van der Waals surface area contributed by atoms with Gasteiger partial charge in [-0.3, -0.25) is 0 Å². The van der Waals surface area contributed by atoms with Crippen LogP contribution in [0.2, 0.25) is 5.02 Å². The molecule has 0 spiro atoms. The fraction of sp³-hybridized carbons (Fsp3) is 0.250. The van der Waals surface area contributed by atoms with Gasteiger partial charge in [-0.1, -0.05) is 17.7 Å². The normalized spacial score (nSPS) is 15.0. The molecule has 0 saturated carbocycles. The summed E-state index contributed by atoms with van der Waals surface area (Å²) in [4.78, 5) is 11.4. The molecule has 1 fully saturated rings. The van der Waals surface area contributed by atoms with Crippen molar-refractivity contribution in [2.75, 3.05) is 18.0 Å². The molecular weight excluding hydrogens is 286 g/mol. The lowest BCUT2D eigenvalue weighted by molar-refractivity contribution is 0.607. The summed E-state index contributed by atoms with van der Waals surface area (Å²) in [6, 6.07) is 11.5. The molecule has 1 saturated heterocycles. The molecule has 0 radical (unpaired) electrons. The zero-order valence-corrected chi connectivity index (χ0v) is 12.2. The minimum absolute atomic E-state index is 0.554. The first-order valence-corrected chi connectivity index (χ1v) is 7.46. The summed E-state index contributed by atoms with van der Waals surface area (Å²) < 4.78 is 5.80. The van der Waals surface area contributed by atoms with Crippen LogP contribution in [0, 0.1) is 0 Å². The van der Waals surface area contributed by atoms with Crippen molar-refractivity contribution in [3.63, 3.8) is 0 Å². The van der Waals surface area contributed by atoms with E-state index in [4.69, 9.17) is 16.0 Å². The minimum Gasteiger partial charge on any atom is -0.418 e. The Hall–Kier alpha value is -2.07. The van der Waals surface area contributed by atoms with Gasteiger partial charge in [0.1, 0.15) is 11.3 Å². The lowest BCUT2D eigenvalue weighted by Crippen LogP contribution is -2.18. The van der Waals surface area contributed by atoms with Gasteiger partial charge in [0.25, 0.3) is 0 Å². The van der Waals surface area contributed by atoms with Gasteiger partial charge in [-0.15, -0.1) is 0 Å². The SMILES string of the molecule is Clc1cccc(-c2nc3ccc(N4CCCC4)nc3o2)c1. The van der Waals surface area contributed by atoms with Crippen molar-refractivity contribution < 1.29 is 4.42 Å². The Bertz CT molecular complexity index is 793. The first kappa shape index (κ1) is 12.7. The molecule has 3 aromatic rings. The van der Waals surface area contributed by atoms with Crippen LogP contribution in [0.25, 0.3) is 22.7 Å². The standard InChI is InChI=1S/C16H14ClN3O/c17-12-5-3-4-11(10-12)15-18-13-6-7-14(19-16(13)21-15)20-8-1-2-9-20/h3-7,10H,1-2,8-9H2. The Labute approximate surface area is 127 Å². The summed E-state index contributed by atoms with van der Waals surface area (Å²) in [6.07, 6.45) is 2.45. The third kappa shape index (κ3) is 2.36. The molecule has 4 rings (SSSR count). The van der Waals surface area contributed by atoms with E-state index in [1.54, 1.807) is 0 Å². The Morgan fingerprint density at radius 1 is 1.05 bits per heavy atom. The van der Waals surface area contributed by atoms with Gasteiger partial charge in [-0.2, -0.15) is 4.98 Å². The molecule has 0 bridgehead atoms. The summed E-state index contributed by atoms with van der Waals surface area (Å²) in [5.41, 5.74) is 2.21. The number of nitrogens with zero attached hydrogens (tertiary/aromatic N) is 3. The van der Waals surface area contributed by atoms with Crippen molar-refractivity contribution in [3.05, 3.63) is 41.4 Å². The molecule has 2 aromatic heterocycles. The van der Waals surface area contributed by atoms with E-state index in [0.29, 0.717) is 16.6 Å². The number of pyridine rings is 1. The van der Waals surface area contributed by atoms with Crippen molar-refractivity contribution >= 4 is 28.6 Å². The average Bonchev–Trinajstić information content (AvgIpc) is 3.16. The van der Waals surface area contributed by atoms with Gasteiger partial charge < -0.3 is 9.32 Å². The molecule has 0 aliphatic carbocycles. The number of anilines is 1. The van der Waals surface area contributed by atoms with Crippen LogP contribution in [-0.4, -0.2) is 23.1 Å². The van der Waals surface area contributed by atoms with Crippen LogP contribution in [0.1, 0.15) is 12.8 Å². The van der Waals surface area contributed by atoms with Gasteiger partial charge >= 0.3 is 0 Å². The Morgan fingerprint density at radius 3 is 2.71 bits per heavy atom. The zero-order valence-electron chi connectivity index (χ0n) is 11.4. The smallest absolute Gasteiger partial charge is 0.249 e. The molecule has 1 aromatic carbocycles. The predicted molar refractivity (Wildman–Crippen MR) is 83.7 cm³/mol. The fourth-order valence-electron chi connectivity index (χ4n) is 2.67. The molecule has 106 valence electrons. The monoisotopic (exact) mass is 299 g/mol. The Balaban J connectivity index is 1.75. The van der Waals surface area contributed by atoms with Gasteiger partial charge in [-0.05, 0) is 43.2 Å². The molecule has 21 heavy (non-hydrogen) atoms. The Morgan fingerprint density at radius 2 is 1.90 bits per heavy atom. The van der Waals surface area contributed by atoms with Crippen molar-refractivity contribution in [2.24, 2.45) is 0 Å². The minimum atomic E-state index is 0.554. The number of oxazole rings is 1. The first-order valence-electron chi connectivity index (χ1n) is 7.08. The highest BCUT2D eigenvalue weighted by atomic mass is 35.5. The van der Waals surface area contributed by atoms with Crippen LogP contribution >= 0.6 is 11.6 Å². The van der Waals surface area contributed by atoms with E-state index in [-0.39, 0.29) is 0 Å². The highest BCUT2D eigenvalue weighted by molar-refractivity contribution is 6.30. The summed E-state index contributed by atoms with van der Waals surface area (Å²) in [5.74, 6) is 1.52. The van der Waals surface area contributed by atoms with E-state index in [0.717, 1.165) is 30.0 Å².